The molecule has 0 radical (unpaired) electrons. The molecule has 0 spiro atoms. The zero-order valence-electron chi connectivity index (χ0n) is 66.8. The van der Waals surface area contributed by atoms with E-state index in [2.05, 4.69) is 227 Å². The maximum absolute atomic E-state index is 5.27. The van der Waals surface area contributed by atoms with Crippen molar-refractivity contribution in [2.45, 2.75) is 151 Å². The van der Waals surface area contributed by atoms with Crippen molar-refractivity contribution in [1.82, 2.24) is 83.1 Å². The number of oxazole rings is 1. The van der Waals surface area contributed by atoms with Gasteiger partial charge in [-0.15, -0.1) is 0 Å². The zero-order chi connectivity index (χ0) is 77.8. The van der Waals surface area contributed by atoms with Crippen molar-refractivity contribution in [3.63, 3.8) is 0 Å². The Morgan fingerprint density at radius 1 is 0.348 bits per heavy atom. The highest BCUT2D eigenvalue weighted by atomic mass is 16.5. The molecule has 21 heteroatoms. The number of fused-ring (bicyclic) bond motifs is 12. The van der Waals surface area contributed by atoms with Gasteiger partial charge < -0.3 is 37.2 Å². The number of imidazole rings is 4. The lowest BCUT2D eigenvalue weighted by Crippen LogP contribution is -2.41. The fraction of sp³-hybridized carbons (Fsp3) is 0.330. The minimum atomic E-state index is 0. The molecule has 11 heterocycles. The van der Waals surface area contributed by atoms with Gasteiger partial charge in [0.2, 0.25) is 0 Å². The fourth-order valence-electron chi connectivity index (χ4n) is 17.1. The molecule has 2 saturated heterocycles. The summed E-state index contributed by atoms with van der Waals surface area (Å²) < 4.78 is 19.2. The van der Waals surface area contributed by atoms with E-state index in [9.17, 15) is 0 Å². The second-order valence-electron chi connectivity index (χ2n) is 31.2. The van der Waals surface area contributed by atoms with Crippen LogP contribution >= 0.6 is 0 Å². The predicted octanol–water partition coefficient (Wildman–Crippen LogP) is 18.5. The summed E-state index contributed by atoms with van der Waals surface area (Å²) in [4.78, 5) is 67.1. The van der Waals surface area contributed by atoms with Crippen LogP contribution in [0, 0.1) is 41.5 Å². The number of benzene rings is 8. The van der Waals surface area contributed by atoms with Crippen LogP contribution in [-0.4, -0.2) is 110 Å². The molecular formula is C94H99N19O2. The van der Waals surface area contributed by atoms with E-state index in [0.29, 0.717) is 25.3 Å². The molecule has 0 amide bonds. The first-order valence-corrected chi connectivity index (χ1v) is 40.3. The van der Waals surface area contributed by atoms with Crippen molar-refractivity contribution in [3.8, 4) is 11.3 Å². The Kier molecular flexibility index (Phi) is 21.0. The fourth-order valence-corrected chi connectivity index (χ4v) is 17.1. The van der Waals surface area contributed by atoms with Gasteiger partial charge in [-0.05, 0) is 132 Å². The molecule has 0 unspecified atom stereocenters. The van der Waals surface area contributed by atoms with E-state index in [1.54, 1.807) is 6.26 Å². The second-order valence-corrected chi connectivity index (χ2v) is 31.2. The summed E-state index contributed by atoms with van der Waals surface area (Å²) >= 11 is 0. The molecule has 2 aliphatic heterocycles. The maximum atomic E-state index is 5.27. The van der Waals surface area contributed by atoms with Gasteiger partial charge in [0.1, 0.15) is 72.0 Å². The van der Waals surface area contributed by atoms with E-state index in [4.69, 9.17) is 69.0 Å². The van der Waals surface area contributed by atoms with Crippen LogP contribution in [0.1, 0.15) is 150 Å². The van der Waals surface area contributed by atoms with Gasteiger partial charge in [-0.1, -0.05) is 129 Å². The molecule has 4 fully saturated rings. The van der Waals surface area contributed by atoms with Crippen LogP contribution in [-0.2, 0) is 84.3 Å². The average molecular weight is 1530 g/mol. The first kappa shape index (κ1) is 75.5. The van der Waals surface area contributed by atoms with Gasteiger partial charge in [0, 0.05) is 143 Å². The van der Waals surface area contributed by atoms with Crippen molar-refractivity contribution in [3.05, 3.63) is 256 Å². The first-order chi connectivity index (χ1) is 55.6. The van der Waals surface area contributed by atoms with Gasteiger partial charge in [0.05, 0.1) is 89.7 Å². The minimum absolute atomic E-state index is 0. The topological polar surface area (TPSA) is 216 Å². The van der Waals surface area contributed by atoms with Gasteiger partial charge in [0.25, 0.3) is 0 Å². The smallest absolute Gasteiger partial charge is 0.181 e. The molecule has 9 aromatic heterocycles. The number of aromatic nitrogens is 17. The SMILES string of the molecule is C.Cc1nc(CCc2nc3c4ccccc4ccc3n2C)nc(C)c1-c1cocn1.Cc1nc(CCc2nc3c4ccccc4ccc3n2C)nc(C)c1N1CCCC1.Cc1nc(CCc2nc3c4ccccc4ccc3n2C)nc(C)c1N1COC1.Cn1c(CCc2nc(C3CC3)cc(C3CC3)n2)nc2c3ccccc3ccc21. The van der Waals surface area contributed by atoms with Gasteiger partial charge in [-0.2, -0.15) is 0 Å². The molecule has 21 nitrogen and oxygen atoms in total. The van der Waals surface area contributed by atoms with Crippen LogP contribution in [0.15, 0.2) is 169 Å². The molecule has 4 aliphatic rings. The highest BCUT2D eigenvalue weighted by Gasteiger charge is 2.31. The van der Waals surface area contributed by atoms with Crippen molar-refractivity contribution in [1.29, 1.82) is 0 Å². The Labute approximate surface area is 670 Å². The van der Waals surface area contributed by atoms with Gasteiger partial charge >= 0.3 is 0 Å². The Morgan fingerprint density at radius 2 is 0.661 bits per heavy atom. The quantitative estimate of drug-likeness (QED) is 0.0828. The molecule has 21 rings (SSSR count). The molecule has 0 bridgehead atoms. The molecular weight excluding hydrogens is 1430 g/mol. The van der Waals surface area contributed by atoms with Crippen LogP contribution in [0.4, 0.5) is 11.4 Å². The number of hydrogen-bond acceptors (Lipinski definition) is 17. The predicted molar refractivity (Wildman–Crippen MR) is 460 cm³/mol. The van der Waals surface area contributed by atoms with Crippen molar-refractivity contribution in [2.24, 2.45) is 28.2 Å². The van der Waals surface area contributed by atoms with Gasteiger partial charge in [-0.3, -0.25) is 0 Å². The molecule has 2 aliphatic carbocycles. The summed E-state index contributed by atoms with van der Waals surface area (Å²) in [6, 6.07) is 53.3. The number of nitrogens with zero attached hydrogens (tertiary/aromatic N) is 19. The highest BCUT2D eigenvalue weighted by molar-refractivity contribution is 6.07. The molecule has 8 aromatic carbocycles. The molecule has 0 atom stereocenters. The zero-order valence-corrected chi connectivity index (χ0v) is 66.8. The van der Waals surface area contributed by atoms with Crippen LogP contribution in [0.2, 0.25) is 0 Å². The minimum Gasteiger partial charge on any atom is -0.451 e. The molecule has 582 valence electrons. The number of ether oxygens (including phenoxy) is 1. The van der Waals surface area contributed by atoms with Crippen LogP contribution in [0.3, 0.4) is 0 Å². The Bertz CT molecular complexity index is 6390. The number of hydrogen-bond donors (Lipinski definition) is 0. The largest absolute Gasteiger partial charge is 0.451 e. The van der Waals surface area contributed by atoms with Crippen molar-refractivity contribution < 1.29 is 9.15 Å². The van der Waals surface area contributed by atoms with E-state index >= 15 is 0 Å². The molecule has 2 saturated carbocycles. The standard InChI is InChI=1S/C24H27N5.C24H24N4.C23H21N5O.C22H23N5O.CH4/c1-16-24(29-14-6-7-15-29)17(2)26-21(25-16)12-13-22-27-23-19-9-5-4-8-18(19)10-11-20(23)28(22)3;1-28-21-11-10-15-4-2-3-5-18(15)24(21)27-23(28)13-12-22-25-19(16-6-7-16)14-20(26-22)17-8-9-17;1-14-22(18-12-29-13-24-18)15(2)26-20(25-14)10-11-21-27-23-17-7-5-4-6-16(17)8-9-19(23)28(21)3;1-14-22(27-12-28-13-27)15(2)24-19(23-14)10-11-20-25-21-17-7-5-4-6-16(17)8-9-18(21)26(20)3;/h4-5,8-11H,6-7,12-15H2,1-3H3;2-5,10-11,14,16-17H,6-9,12-13H2,1H3;4-9,12-13H,10-11H2,1-3H3;4-9H,10-13H2,1-3H3;1H4. The lowest BCUT2D eigenvalue weighted by molar-refractivity contribution is 0.0401. The van der Waals surface area contributed by atoms with Crippen molar-refractivity contribution in [2.75, 3.05) is 36.4 Å². The lowest BCUT2D eigenvalue weighted by Gasteiger charge is -2.34. The third kappa shape index (κ3) is 15.2. The van der Waals surface area contributed by atoms with E-state index < -0.39 is 0 Å². The monoisotopic (exact) mass is 1530 g/mol. The third-order valence-electron chi connectivity index (χ3n) is 23.4. The van der Waals surface area contributed by atoms with Crippen LogP contribution < -0.4 is 9.80 Å². The second kappa shape index (κ2) is 32.0. The normalized spacial score (nSPS) is 14.1. The van der Waals surface area contributed by atoms with Crippen LogP contribution in [0.25, 0.3) is 98.5 Å². The summed E-state index contributed by atoms with van der Waals surface area (Å²) in [6.45, 7) is 15.8. The maximum Gasteiger partial charge on any atom is 0.181 e. The highest BCUT2D eigenvalue weighted by Crippen LogP contribution is 2.44. The first-order valence-electron chi connectivity index (χ1n) is 40.3. The number of rotatable bonds is 17. The Morgan fingerprint density at radius 3 is 0.965 bits per heavy atom. The average Bonchev–Trinajstić information content (AvgIpc) is 1.49. The lowest BCUT2D eigenvalue weighted by atomic mass is 10.1. The van der Waals surface area contributed by atoms with E-state index in [1.165, 1.54) is 116 Å². The number of anilines is 2. The van der Waals surface area contributed by atoms with Crippen LogP contribution in [0.5, 0.6) is 0 Å². The van der Waals surface area contributed by atoms with Gasteiger partial charge in [0.15, 0.2) is 6.39 Å². The Balaban J connectivity index is 0.000000110. The summed E-state index contributed by atoms with van der Waals surface area (Å²) in [7, 11) is 8.39. The van der Waals surface area contributed by atoms with E-state index in [-0.39, 0.29) is 7.43 Å². The molecule has 115 heavy (non-hydrogen) atoms. The summed E-state index contributed by atoms with van der Waals surface area (Å²) in [6.07, 6.45) is 17.2. The summed E-state index contributed by atoms with van der Waals surface area (Å²) in [5, 5.41) is 9.74. The van der Waals surface area contributed by atoms with E-state index in [1.807, 2.05) is 27.7 Å². The number of aryl methyl sites for hydroxylation is 18. The Hall–Kier alpha value is -12.2. The summed E-state index contributed by atoms with van der Waals surface area (Å²) in [5.41, 5.74) is 21.7. The van der Waals surface area contributed by atoms with Gasteiger partial charge in [-0.25, -0.2) is 64.8 Å². The van der Waals surface area contributed by atoms with Crippen molar-refractivity contribution >= 4 is 98.6 Å². The molecule has 0 N–H and O–H groups in total. The third-order valence-corrected chi connectivity index (χ3v) is 23.4. The molecule has 17 aromatic rings. The summed E-state index contributed by atoms with van der Waals surface area (Å²) in [5.74, 6) is 9.27. The van der Waals surface area contributed by atoms with E-state index in [0.717, 1.165) is 195 Å².